The largest absolute Gasteiger partial charge is 0.457 e. The minimum atomic E-state index is 0.338. The van der Waals surface area contributed by atoms with Crippen LogP contribution in [0.4, 0.5) is 11.5 Å². The van der Waals surface area contributed by atoms with E-state index in [9.17, 15) is 0 Å². The molecule has 0 saturated carbocycles. The summed E-state index contributed by atoms with van der Waals surface area (Å²) >= 11 is 0. The minimum absolute atomic E-state index is 0.338. The van der Waals surface area contributed by atoms with Crippen LogP contribution in [-0.2, 0) is 0 Å². The first kappa shape index (κ1) is 28.3. The molecule has 0 aliphatic carbocycles. The third kappa shape index (κ3) is 6.94. The van der Waals surface area contributed by atoms with E-state index in [1.165, 1.54) is 24.8 Å². The molecule has 0 aliphatic rings. The summed E-state index contributed by atoms with van der Waals surface area (Å²) in [7, 11) is 3.69. The third-order valence-corrected chi connectivity index (χ3v) is 7.90. The van der Waals surface area contributed by atoms with Gasteiger partial charge in [-0.05, 0) is 78.5 Å². The van der Waals surface area contributed by atoms with Gasteiger partial charge in [-0.25, -0.2) is 4.98 Å². The fourth-order valence-corrected chi connectivity index (χ4v) is 5.06. The van der Waals surface area contributed by atoms with Crippen molar-refractivity contribution in [1.82, 2.24) is 9.97 Å². The Balaban J connectivity index is 1.79. The number of H-pyrrole nitrogens is 1. The van der Waals surface area contributed by atoms with Crippen molar-refractivity contribution in [2.75, 3.05) is 24.7 Å². The molecule has 2 unspecified atom stereocenters. The van der Waals surface area contributed by atoms with Gasteiger partial charge in [-0.1, -0.05) is 47.5 Å². The monoisotopic (exact) mass is 503 g/mol. The number of pyridine rings is 1. The molecule has 200 valence electrons. The maximum Gasteiger partial charge on any atom is 0.149 e. The first-order valence-corrected chi connectivity index (χ1v) is 13.6. The number of aliphatic imine (C=N–C) groups is 1. The minimum Gasteiger partial charge on any atom is -0.457 e. The van der Waals surface area contributed by atoms with Crippen LogP contribution in [-0.4, -0.2) is 29.9 Å². The zero-order chi connectivity index (χ0) is 27.0. The Morgan fingerprint density at radius 1 is 1.11 bits per heavy atom. The molecule has 6 nitrogen and oxygen atoms in total. The average molecular weight is 504 g/mol. The molecular formula is C31H45N5O. The summed E-state index contributed by atoms with van der Waals surface area (Å²) in [6, 6.07) is 12.1. The van der Waals surface area contributed by atoms with Gasteiger partial charge < -0.3 is 20.4 Å². The summed E-state index contributed by atoms with van der Waals surface area (Å²) in [5.41, 5.74) is 4.77. The van der Waals surface area contributed by atoms with Crippen LogP contribution in [0, 0.1) is 18.3 Å². The highest BCUT2D eigenvalue weighted by atomic mass is 16.5. The molecule has 0 radical (unpaired) electrons. The Kier molecular flexibility index (Phi) is 9.79. The van der Waals surface area contributed by atoms with E-state index in [4.69, 9.17) is 4.74 Å². The Bertz CT molecular complexity index is 1180. The highest BCUT2D eigenvalue weighted by Gasteiger charge is 2.30. The lowest BCUT2D eigenvalue weighted by atomic mass is 9.70. The average Bonchev–Trinajstić information content (AvgIpc) is 3.39. The van der Waals surface area contributed by atoms with Crippen LogP contribution in [0.25, 0.3) is 0 Å². The van der Waals surface area contributed by atoms with E-state index < -0.39 is 0 Å². The van der Waals surface area contributed by atoms with Crippen LogP contribution in [0.1, 0.15) is 83.0 Å². The van der Waals surface area contributed by atoms with Crippen LogP contribution < -0.4 is 15.4 Å². The molecule has 0 saturated heterocycles. The zero-order valence-corrected chi connectivity index (χ0v) is 23.9. The van der Waals surface area contributed by atoms with Crippen LogP contribution in [0.5, 0.6) is 11.5 Å². The van der Waals surface area contributed by atoms with Crippen LogP contribution in [0.2, 0.25) is 0 Å². The molecule has 6 heteroatoms. The van der Waals surface area contributed by atoms with Crippen LogP contribution >= 0.6 is 0 Å². The molecule has 2 atom stereocenters. The van der Waals surface area contributed by atoms with Gasteiger partial charge in [0, 0.05) is 38.2 Å². The summed E-state index contributed by atoms with van der Waals surface area (Å²) in [6.07, 6.45) is 8.47. The number of hydrogen-bond acceptors (Lipinski definition) is 4. The number of benzene rings is 1. The van der Waals surface area contributed by atoms with Gasteiger partial charge in [-0.15, -0.1) is 0 Å². The van der Waals surface area contributed by atoms with Crippen molar-refractivity contribution >= 4 is 17.3 Å². The fraction of sp³-hybridized carbons (Fsp3) is 0.484. The number of aromatic amines is 1. The first-order chi connectivity index (χ1) is 17.8. The maximum atomic E-state index is 6.12. The topological polar surface area (TPSA) is 74.3 Å². The van der Waals surface area contributed by atoms with E-state index in [1.54, 1.807) is 6.20 Å². The first-order valence-electron chi connectivity index (χ1n) is 13.6. The number of nitrogens with zero attached hydrogens (tertiary/aromatic N) is 2. The molecule has 0 amide bonds. The number of hydrogen-bond donors (Lipinski definition) is 3. The predicted octanol–water partition coefficient (Wildman–Crippen LogP) is 8.39. The third-order valence-electron chi connectivity index (χ3n) is 7.90. The van der Waals surface area contributed by atoms with Crippen LogP contribution in [0.3, 0.4) is 0 Å². The molecule has 0 aliphatic heterocycles. The highest BCUT2D eigenvalue weighted by Crippen LogP contribution is 2.41. The van der Waals surface area contributed by atoms with Gasteiger partial charge in [-0.2, -0.15) is 0 Å². The highest BCUT2D eigenvalue weighted by molar-refractivity contribution is 6.08. The molecule has 3 aromatic rings. The summed E-state index contributed by atoms with van der Waals surface area (Å²) in [5.74, 6) is 4.34. The maximum absolute atomic E-state index is 6.12. The Morgan fingerprint density at radius 3 is 2.51 bits per heavy atom. The van der Waals surface area contributed by atoms with Gasteiger partial charge in [0.15, 0.2) is 0 Å². The van der Waals surface area contributed by atoms with Gasteiger partial charge >= 0.3 is 0 Å². The number of anilines is 2. The summed E-state index contributed by atoms with van der Waals surface area (Å²) in [4.78, 5) is 12.4. The molecular weight excluding hydrogens is 458 g/mol. The molecule has 3 N–H and O–H groups in total. The second-order valence-electron chi connectivity index (χ2n) is 10.5. The molecule has 1 aromatic carbocycles. The van der Waals surface area contributed by atoms with Gasteiger partial charge in [0.05, 0.1) is 5.69 Å². The van der Waals surface area contributed by atoms with E-state index in [0.29, 0.717) is 17.3 Å². The molecule has 0 fully saturated rings. The second-order valence-corrected chi connectivity index (χ2v) is 10.5. The molecule has 37 heavy (non-hydrogen) atoms. The van der Waals surface area contributed by atoms with E-state index in [-0.39, 0.29) is 0 Å². The van der Waals surface area contributed by atoms with Crippen molar-refractivity contribution in [2.24, 2.45) is 16.3 Å². The van der Waals surface area contributed by atoms with E-state index in [0.717, 1.165) is 46.5 Å². The number of ether oxygens (including phenoxy) is 1. The summed E-state index contributed by atoms with van der Waals surface area (Å²) in [5, 5.41) is 6.59. The van der Waals surface area contributed by atoms with E-state index in [2.05, 4.69) is 79.3 Å². The van der Waals surface area contributed by atoms with E-state index in [1.807, 2.05) is 44.6 Å². The molecule has 0 spiro atoms. The molecule has 2 aromatic heterocycles. The van der Waals surface area contributed by atoms with Crippen LogP contribution in [0.15, 0.2) is 53.8 Å². The molecule has 2 heterocycles. The quantitative estimate of drug-likeness (QED) is 0.171. The number of aromatic nitrogens is 2. The Hall–Kier alpha value is -3.28. The molecule has 3 rings (SSSR count). The van der Waals surface area contributed by atoms with Crippen molar-refractivity contribution in [3.05, 3.63) is 65.6 Å². The van der Waals surface area contributed by atoms with Gasteiger partial charge in [0.25, 0.3) is 0 Å². The number of aryl methyl sites for hydroxylation is 1. The van der Waals surface area contributed by atoms with E-state index >= 15 is 0 Å². The number of rotatable bonds is 12. The van der Waals surface area contributed by atoms with Crippen molar-refractivity contribution in [3.8, 4) is 11.5 Å². The fourth-order valence-electron chi connectivity index (χ4n) is 5.06. The smallest absolute Gasteiger partial charge is 0.149 e. The lowest BCUT2D eigenvalue weighted by Gasteiger charge is -2.35. The lowest BCUT2D eigenvalue weighted by molar-refractivity contribution is 0.173. The van der Waals surface area contributed by atoms with Crippen molar-refractivity contribution < 1.29 is 4.74 Å². The normalized spacial score (nSPS) is 13.8. The second kappa shape index (κ2) is 12.8. The predicted molar refractivity (Wildman–Crippen MR) is 157 cm³/mol. The molecule has 0 bridgehead atoms. The number of amidine groups is 1. The summed E-state index contributed by atoms with van der Waals surface area (Å²) in [6.45, 7) is 13.8. The SMILES string of the molecule is CCC(CC(CC)C(C)(C)CC)c1cc[nH]c1C(=NC)Nc1ccc(Oc2ccnc(NC)c2)c(C)c1. The van der Waals surface area contributed by atoms with Crippen molar-refractivity contribution in [2.45, 2.75) is 73.1 Å². The van der Waals surface area contributed by atoms with Crippen molar-refractivity contribution in [3.63, 3.8) is 0 Å². The zero-order valence-electron chi connectivity index (χ0n) is 23.9. The standard InChI is InChI=1S/C31H45N5O/c1-9-22(19-23(10-2)31(5,6)11-3)26-15-17-35-29(26)30(33-8)36-24-12-13-27(21(4)18-24)37-25-14-16-34-28(20-25)32-7/h12-18,20,22-23,35H,9-11,19H2,1-8H3,(H,32,34)(H,33,36). The number of nitrogens with one attached hydrogen (secondary N) is 3. The summed E-state index contributed by atoms with van der Waals surface area (Å²) < 4.78 is 6.12. The van der Waals surface area contributed by atoms with Gasteiger partial charge in [0.2, 0.25) is 0 Å². The van der Waals surface area contributed by atoms with Gasteiger partial charge in [0.1, 0.15) is 23.2 Å². The van der Waals surface area contributed by atoms with Crippen molar-refractivity contribution in [1.29, 1.82) is 0 Å². The Morgan fingerprint density at radius 2 is 1.89 bits per heavy atom. The lowest BCUT2D eigenvalue weighted by Crippen LogP contribution is -2.25. The van der Waals surface area contributed by atoms with Gasteiger partial charge in [-0.3, -0.25) is 4.99 Å². The Labute approximate surface area is 223 Å².